The summed E-state index contributed by atoms with van der Waals surface area (Å²) >= 11 is 0. The van der Waals surface area contributed by atoms with Gasteiger partial charge in [-0.05, 0) is 55.9 Å². The van der Waals surface area contributed by atoms with Gasteiger partial charge < -0.3 is 14.8 Å². The zero-order chi connectivity index (χ0) is 19.6. The number of likely N-dealkylation sites (tertiary alicyclic amines) is 1. The first kappa shape index (κ1) is 21.2. The first-order valence-electron chi connectivity index (χ1n) is 10.6. The minimum absolute atomic E-state index is 0.110. The van der Waals surface area contributed by atoms with Gasteiger partial charge in [-0.25, -0.2) is 0 Å². The normalized spacial score (nSPS) is 19.6. The van der Waals surface area contributed by atoms with Crippen LogP contribution in [0.2, 0.25) is 0 Å². The highest BCUT2D eigenvalue weighted by atomic mass is 16.5. The van der Waals surface area contributed by atoms with E-state index in [-0.39, 0.29) is 5.91 Å². The summed E-state index contributed by atoms with van der Waals surface area (Å²) in [7, 11) is 1.69. The number of carbonyl (C=O) groups excluding carboxylic acids is 1. The van der Waals surface area contributed by atoms with E-state index in [0.717, 1.165) is 56.4 Å². The Hall–Kier alpha value is -1.47. The molecule has 1 N–H and O–H groups in total. The maximum Gasteiger partial charge on any atom is 0.234 e. The smallest absolute Gasteiger partial charge is 0.234 e. The molecule has 2 heterocycles. The number of benzene rings is 1. The molecule has 0 bridgehead atoms. The summed E-state index contributed by atoms with van der Waals surface area (Å²) in [5.74, 6) is 0.905. The van der Waals surface area contributed by atoms with Crippen LogP contribution in [0.25, 0.3) is 0 Å². The molecule has 2 saturated heterocycles. The van der Waals surface area contributed by atoms with E-state index in [1.165, 1.54) is 25.8 Å². The number of hydrogen-bond acceptors (Lipinski definition) is 5. The Morgan fingerprint density at radius 3 is 2.54 bits per heavy atom. The van der Waals surface area contributed by atoms with Gasteiger partial charge in [-0.2, -0.15) is 0 Å². The fourth-order valence-electron chi connectivity index (χ4n) is 4.10. The lowest BCUT2D eigenvalue weighted by molar-refractivity contribution is -0.122. The number of morpholine rings is 1. The van der Waals surface area contributed by atoms with Crippen molar-refractivity contribution in [3.63, 3.8) is 0 Å². The van der Waals surface area contributed by atoms with Crippen LogP contribution in [-0.4, -0.2) is 75.3 Å². The third-order valence-corrected chi connectivity index (χ3v) is 5.93. The van der Waals surface area contributed by atoms with Gasteiger partial charge in [0.1, 0.15) is 0 Å². The number of piperidine rings is 1. The minimum atomic E-state index is 0.110. The van der Waals surface area contributed by atoms with Gasteiger partial charge in [0.15, 0.2) is 0 Å². The van der Waals surface area contributed by atoms with Crippen molar-refractivity contribution in [3.05, 3.63) is 35.4 Å². The van der Waals surface area contributed by atoms with E-state index in [0.29, 0.717) is 19.7 Å². The summed E-state index contributed by atoms with van der Waals surface area (Å²) in [4.78, 5) is 17.2. The Morgan fingerprint density at radius 1 is 1.11 bits per heavy atom. The van der Waals surface area contributed by atoms with Crippen LogP contribution in [0.4, 0.5) is 0 Å². The fourth-order valence-corrected chi connectivity index (χ4v) is 4.10. The highest BCUT2D eigenvalue weighted by Crippen LogP contribution is 2.21. The molecule has 0 unspecified atom stereocenters. The molecule has 2 aliphatic rings. The van der Waals surface area contributed by atoms with Crippen LogP contribution in [0.15, 0.2) is 24.3 Å². The van der Waals surface area contributed by atoms with Crippen LogP contribution in [0.3, 0.4) is 0 Å². The maximum absolute atomic E-state index is 12.4. The molecule has 0 saturated carbocycles. The lowest BCUT2D eigenvalue weighted by Crippen LogP contribution is -2.42. The van der Waals surface area contributed by atoms with Gasteiger partial charge >= 0.3 is 0 Å². The summed E-state index contributed by atoms with van der Waals surface area (Å²) in [6, 6.07) is 8.10. The van der Waals surface area contributed by atoms with E-state index >= 15 is 0 Å². The van der Waals surface area contributed by atoms with E-state index in [1.54, 1.807) is 7.11 Å². The van der Waals surface area contributed by atoms with Gasteiger partial charge in [-0.1, -0.05) is 24.3 Å². The predicted octanol–water partition coefficient (Wildman–Crippen LogP) is 1.88. The van der Waals surface area contributed by atoms with Crippen molar-refractivity contribution in [1.82, 2.24) is 15.1 Å². The fraction of sp³-hybridized carbons (Fsp3) is 0.682. The monoisotopic (exact) mass is 389 g/mol. The van der Waals surface area contributed by atoms with Gasteiger partial charge in [0, 0.05) is 26.7 Å². The van der Waals surface area contributed by atoms with Crippen LogP contribution >= 0.6 is 0 Å². The lowest BCUT2D eigenvalue weighted by Gasteiger charge is -2.33. The van der Waals surface area contributed by atoms with Gasteiger partial charge in [0.25, 0.3) is 0 Å². The molecule has 0 aliphatic carbocycles. The molecule has 0 atom stereocenters. The van der Waals surface area contributed by atoms with Crippen LogP contribution in [0.1, 0.15) is 30.4 Å². The Labute approximate surface area is 169 Å². The number of ether oxygens (including phenoxy) is 2. The van der Waals surface area contributed by atoms with Crippen LogP contribution < -0.4 is 5.32 Å². The molecular weight excluding hydrogens is 354 g/mol. The first-order chi connectivity index (χ1) is 13.7. The Bertz CT molecular complexity index is 596. The van der Waals surface area contributed by atoms with Gasteiger partial charge in [-0.15, -0.1) is 0 Å². The van der Waals surface area contributed by atoms with Gasteiger partial charge in [0.05, 0.1) is 26.4 Å². The molecule has 6 nitrogen and oxygen atoms in total. The van der Waals surface area contributed by atoms with Crippen LogP contribution in [0.5, 0.6) is 0 Å². The average Bonchev–Trinajstić information content (AvgIpc) is 2.74. The average molecular weight is 390 g/mol. The van der Waals surface area contributed by atoms with E-state index in [1.807, 2.05) is 18.2 Å². The molecule has 156 valence electrons. The number of amides is 1. The molecule has 2 fully saturated rings. The second-order valence-electron chi connectivity index (χ2n) is 7.94. The van der Waals surface area contributed by atoms with E-state index in [9.17, 15) is 4.79 Å². The number of carbonyl (C=O) groups is 1. The molecular formula is C22H35N3O3. The van der Waals surface area contributed by atoms with Crippen molar-refractivity contribution < 1.29 is 14.3 Å². The summed E-state index contributed by atoms with van der Waals surface area (Å²) in [5.41, 5.74) is 2.26. The van der Waals surface area contributed by atoms with Gasteiger partial charge in [-0.3, -0.25) is 14.6 Å². The van der Waals surface area contributed by atoms with E-state index in [2.05, 4.69) is 21.2 Å². The second-order valence-corrected chi connectivity index (χ2v) is 7.94. The predicted molar refractivity (Wildman–Crippen MR) is 110 cm³/mol. The molecule has 0 aromatic heterocycles. The maximum atomic E-state index is 12.4. The Kier molecular flexibility index (Phi) is 8.73. The molecule has 2 aliphatic heterocycles. The third kappa shape index (κ3) is 6.85. The molecule has 1 amide bonds. The van der Waals surface area contributed by atoms with Crippen LogP contribution in [-0.2, 0) is 27.4 Å². The van der Waals surface area contributed by atoms with Crippen LogP contribution in [0, 0.1) is 5.92 Å². The molecule has 1 aromatic carbocycles. The second kappa shape index (κ2) is 11.5. The number of nitrogens with zero attached hydrogens (tertiary/aromatic N) is 2. The van der Waals surface area contributed by atoms with Crippen molar-refractivity contribution in [2.45, 2.75) is 32.4 Å². The standard InChI is InChI=1S/C22H35N3O3/c1-27-18-21-5-3-2-4-20(21)16-23-22(26)17-25-10-7-19(8-11-25)6-9-24-12-14-28-15-13-24/h2-5,19H,6-18H2,1H3,(H,23,26). The third-order valence-electron chi connectivity index (χ3n) is 5.93. The summed E-state index contributed by atoms with van der Waals surface area (Å²) in [5, 5.41) is 3.07. The number of hydrogen-bond donors (Lipinski definition) is 1. The quantitative estimate of drug-likeness (QED) is 0.699. The molecule has 6 heteroatoms. The largest absolute Gasteiger partial charge is 0.380 e. The Morgan fingerprint density at radius 2 is 1.82 bits per heavy atom. The number of nitrogens with one attached hydrogen (secondary N) is 1. The highest BCUT2D eigenvalue weighted by Gasteiger charge is 2.22. The molecule has 28 heavy (non-hydrogen) atoms. The molecule has 0 radical (unpaired) electrons. The highest BCUT2D eigenvalue weighted by molar-refractivity contribution is 5.78. The summed E-state index contributed by atoms with van der Waals surface area (Å²) < 4.78 is 10.7. The SMILES string of the molecule is COCc1ccccc1CNC(=O)CN1CCC(CCN2CCOCC2)CC1. The first-order valence-corrected chi connectivity index (χ1v) is 10.6. The van der Waals surface area contributed by atoms with Crippen molar-refractivity contribution >= 4 is 5.91 Å². The van der Waals surface area contributed by atoms with Gasteiger partial charge in [0.2, 0.25) is 5.91 Å². The number of methoxy groups -OCH3 is 1. The zero-order valence-electron chi connectivity index (χ0n) is 17.2. The lowest BCUT2D eigenvalue weighted by atomic mass is 9.93. The Balaban J connectivity index is 1.32. The van der Waals surface area contributed by atoms with Crippen molar-refractivity contribution in [2.24, 2.45) is 5.92 Å². The van der Waals surface area contributed by atoms with E-state index < -0.39 is 0 Å². The van der Waals surface area contributed by atoms with E-state index in [4.69, 9.17) is 9.47 Å². The molecule has 3 rings (SSSR count). The van der Waals surface area contributed by atoms with Crippen molar-refractivity contribution in [2.75, 3.05) is 59.6 Å². The van der Waals surface area contributed by atoms with Crippen molar-refractivity contribution in [1.29, 1.82) is 0 Å². The minimum Gasteiger partial charge on any atom is -0.380 e. The zero-order valence-corrected chi connectivity index (χ0v) is 17.2. The summed E-state index contributed by atoms with van der Waals surface area (Å²) in [6.07, 6.45) is 3.68. The number of rotatable bonds is 9. The molecule has 1 aromatic rings. The molecule has 0 spiro atoms. The van der Waals surface area contributed by atoms with Crippen molar-refractivity contribution in [3.8, 4) is 0 Å². The topological polar surface area (TPSA) is 54.0 Å². The summed E-state index contributed by atoms with van der Waals surface area (Å²) in [6.45, 7) is 8.80.